The molecule has 0 aliphatic rings. The van der Waals surface area contributed by atoms with E-state index in [2.05, 4.69) is 31.4 Å². The van der Waals surface area contributed by atoms with Crippen molar-refractivity contribution in [2.75, 3.05) is 5.32 Å². The molecule has 0 saturated heterocycles. The number of hydrogen-bond acceptors (Lipinski definition) is 3. The Balaban J connectivity index is 0.00000156. The maximum atomic E-state index is 13.4. The van der Waals surface area contributed by atoms with E-state index >= 15 is 0 Å². The molecular weight excluding hydrogens is 432 g/mol. The van der Waals surface area contributed by atoms with Gasteiger partial charge in [0, 0.05) is 20.8 Å². The Hall–Kier alpha value is -1.96. The Morgan fingerprint density at radius 3 is 2.56 bits per heavy atom. The second kappa shape index (κ2) is 8.42. The SMILES string of the molecule is Cc1cc(F)ccc1-c1nnc(NC(=N)N)c2c(Br)cccc12.Cl.Cl. The van der Waals surface area contributed by atoms with Crippen molar-refractivity contribution in [2.24, 2.45) is 5.73 Å². The molecule has 1 heterocycles. The van der Waals surface area contributed by atoms with Crippen LogP contribution in [0.4, 0.5) is 10.2 Å². The summed E-state index contributed by atoms with van der Waals surface area (Å²) >= 11 is 3.50. The van der Waals surface area contributed by atoms with Gasteiger partial charge in [-0.2, -0.15) is 0 Å². The molecular formula is C16H15BrCl2FN5. The zero-order valence-corrected chi connectivity index (χ0v) is 16.2. The third-order valence-electron chi connectivity index (χ3n) is 3.45. The van der Waals surface area contributed by atoms with Gasteiger partial charge < -0.3 is 11.1 Å². The van der Waals surface area contributed by atoms with Crippen LogP contribution in [0.5, 0.6) is 0 Å². The van der Waals surface area contributed by atoms with E-state index in [-0.39, 0.29) is 36.6 Å². The predicted molar refractivity (Wildman–Crippen MR) is 107 cm³/mol. The number of fused-ring (bicyclic) bond motifs is 1. The van der Waals surface area contributed by atoms with Crippen molar-refractivity contribution in [1.29, 1.82) is 5.41 Å². The first kappa shape index (κ1) is 21.1. The summed E-state index contributed by atoms with van der Waals surface area (Å²) in [5.41, 5.74) is 7.62. The first-order valence-corrected chi connectivity index (χ1v) is 7.59. The molecule has 25 heavy (non-hydrogen) atoms. The highest BCUT2D eigenvalue weighted by molar-refractivity contribution is 9.10. The number of benzene rings is 2. The standard InChI is InChI=1S/C16H13BrFN5.2ClH/c1-8-7-9(18)5-6-10(8)14-11-3-2-4-12(17)13(11)15(23-22-14)21-16(19)20;;/h2-7H,1H3,(H4,19,20,21,23);2*1H. The van der Waals surface area contributed by atoms with Crippen molar-refractivity contribution in [3.8, 4) is 11.3 Å². The number of halogens is 4. The number of nitrogens with one attached hydrogen (secondary N) is 2. The molecule has 0 fully saturated rings. The van der Waals surface area contributed by atoms with Crippen molar-refractivity contribution in [1.82, 2.24) is 10.2 Å². The van der Waals surface area contributed by atoms with Crippen LogP contribution in [0.1, 0.15) is 5.56 Å². The second-order valence-electron chi connectivity index (χ2n) is 5.06. The molecule has 1 aromatic heterocycles. The summed E-state index contributed by atoms with van der Waals surface area (Å²) in [5, 5.41) is 20.1. The molecule has 0 aliphatic heterocycles. The molecule has 0 bridgehead atoms. The van der Waals surface area contributed by atoms with Gasteiger partial charge in [-0.15, -0.1) is 35.0 Å². The van der Waals surface area contributed by atoms with Gasteiger partial charge in [0.2, 0.25) is 0 Å². The van der Waals surface area contributed by atoms with E-state index < -0.39 is 0 Å². The van der Waals surface area contributed by atoms with Crippen LogP contribution in [0.15, 0.2) is 40.9 Å². The minimum Gasteiger partial charge on any atom is -0.370 e. The minimum absolute atomic E-state index is 0. The average Bonchev–Trinajstić information content (AvgIpc) is 2.48. The first-order chi connectivity index (χ1) is 11.0. The smallest absolute Gasteiger partial charge is 0.191 e. The molecule has 0 amide bonds. The fourth-order valence-electron chi connectivity index (χ4n) is 2.47. The Labute approximate surface area is 164 Å². The number of nitrogens with zero attached hydrogens (tertiary/aromatic N) is 2. The van der Waals surface area contributed by atoms with Crippen molar-refractivity contribution in [2.45, 2.75) is 6.92 Å². The van der Waals surface area contributed by atoms with Gasteiger partial charge in [-0.3, -0.25) is 5.41 Å². The van der Waals surface area contributed by atoms with E-state index in [1.807, 2.05) is 25.1 Å². The highest BCUT2D eigenvalue weighted by Crippen LogP contribution is 2.35. The molecule has 0 saturated carbocycles. The Morgan fingerprint density at radius 1 is 1.20 bits per heavy atom. The largest absolute Gasteiger partial charge is 0.370 e. The van der Waals surface area contributed by atoms with Crippen molar-refractivity contribution < 1.29 is 4.39 Å². The maximum Gasteiger partial charge on any atom is 0.191 e. The quantitative estimate of drug-likeness (QED) is 0.394. The summed E-state index contributed by atoms with van der Waals surface area (Å²) in [7, 11) is 0. The third-order valence-corrected chi connectivity index (χ3v) is 4.11. The molecule has 0 radical (unpaired) electrons. The van der Waals surface area contributed by atoms with Crippen LogP contribution < -0.4 is 11.1 Å². The van der Waals surface area contributed by atoms with Crippen LogP contribution in [0, 0.1) is 18.2 Å². The van der Waals surface area contributed by atoms with E-state index in [4.69, 9.17) is 11.1 Å². The van der Waals surface area contributed by atoms with Crippen molar-refractivity contribution in [3.63, 3.8) is 0 Å². The number of aromatic nitrogens is 2. The average molecular weight is 447 g/mol. The molecule has 2 aromatic carbocycles. The maximum absolute atomic E-state index is 13.4. The third kappa shape index (κ3) is 4.18. The summed E-state index contributed by atoms with van der Waals surface area (Å²) in [6.07, 6.45) is 0. The van der Waals surface area contributed by atoms with Gasteiger partial charge in [0.15, 0.2) is 11.8 Å². The van der Waals surface area contributed by atoms with Crippen molar-refractivity contribution in [3.05, 3.63) is 52.3 Å². The normalized spacial score (nSPS) is 9.88. The molecule has 0 unspecified atom stereocenters. The van der Waals surface area contributed by atoms with Crippen LogP contribution in [0.2, 0.25) is 0 Å². The lowest BCUT2D eigenvalue weighted by molar-refractivity contribution is 0.627. The highest BCUT2D eigenvalue weighted by atomic mass is 79.9. The summed E-state index contributed by atoms with van der Waals surface area (Å²) in [5.74, 6) is -0.120. The highest BCUT2D eigenvalue weighted by Gasteiger charge is 2.15. The molecule has 9 heteroatoms. The Bertz CT molecular complexity index is 936. The van der Waals surface area contributed by atoms with Crippen LogP contribution >= 0.6 is 40.7 Å². The summed E-state index contributed by atoms with van der Waals surface area (Å²) < 4.78 is 14.2. The number of rotatable bonds is 2. The molecule has 4 N–H and O–H groups in total. The molecule has 0 aliphatic carbocycles. The van der Waals surface area contributed by atoms with Crippen molar-refractivity contribution >= 4 is 63.3 Å². The van der Waals surface area contributed by atoms with Gasteiger partial charge in [-0.1, -0.05) is 28.1 Å². The van der Waals surface area contributed by atoms with Crippen LogP contribution in [-0.2, 0) is 0 Å². The van der Waals surface area contributed by atoms with Gasteiger partial charge in [-0.25, -0.2) is 4.39 Å². The number of nitrogens with two attached hydrogens (primary N) is 1. The summed E-state index contributed by atoms with van der Waals surface area (Å²) in [4.78, 5) is 0. The van der Waals surface area contributed by atoms with Gasteiger partial charge in [0.05, 0.1) is 0 Å². The van der Waals surface area contributed by atoms with E-state index in [0.717, 1.165) is 26.4 Å². The van der Waals surface area contributed by atoms with Gasteiger partial charge >= 0.3 is 0 Å². The first-order valence-electron chi connectivity index (χ1n) is 6.80. The molecule has 0 spiro atoms. The lowest BCUT2D eigenvalue weighted by Gasteiger charge is -2.13. The molecule has 132 valence electrons. The monoisotopic (exact) mass is 445 g/mol. The van der Waals surface area contributed by atoms with Crippen LogP contribution in [-0.4, -0.2) is 16.2 Å². The Morgan fingerprint density at radius 2 is 1.92 bits per heavy atom. The zero-order valence-electron chi connectivity index (χ0n) is 13.0. The van der Waals surface area contributed by atoms with E-state index in [1.165, 1.54) is 12.1 Å². The lowest BCUT2D eigenvalue weighted by Crippen LogP contribution is -2.21. The molecule has 5 nitrogen and oxygen atoms in total. The summed E-state index contributed by atoms with van der Waals surface area (Å²) in [6, 6.07) is 10.2. The number of guanidine groups is 1. The van der Waals surface area contributed by atoms with Gasteiger partial charge in [0.25, 0.3) is 0 Å². The molecule has 0 atom stereocenters. The van der Waals surface area contributed by atoms with E-state index in [1.54, 1.807) is 6.07 Å². The second-order valence-corrected chi connectivity index (χ2v) is 5.91. The lowest BCUT2D eigenvalue weighted by atomic mass is 10.0. The zero-order chi connectivity index (χ0) is 16.6. The predicted octanol–water partition coefficient (Wildman–Crippen LogP) is 4.66. The summed E-state index contributed by atoms with van der Waals surface area (Å²) in [6.45, 7) is 1.83. The molecule has 3 aromatic rings. The fourth-order valence-corrected chi connectivity index (χ4v) is 3.03. The topological polar surface area (TPSA) is 87.7 Å². The molecule has 3 rings (SSSR count). The fraction of sp³-hybridized carbons (Fsp3) is 0.0625. The van der Waals surface area contributed by atoms with Crippen LogP contribution in [0.3, 0.4) is 0 Å². The van der Waals surface area contributed by atoms with Gasteiger partial charge in [0.1, 0.15) is 11.5 Å². The van der Waals surface area contributed by atoms with Crippen LogP contribution in [0.25, 0.3) is 22.0 Å². The van der Waals surface area contributed by atoms with E-state index in [9.17, 15) is 4.39 Å². The van der Waals surface area contributed by atoms with Gasteiger partial charge in [-0.05, 0) is 36.8 Å². The number of hydrogen-bond donors (Lipinski definition) is 3. The minimum atomic E-state index is -0.292. The van der Waals surface area contributed by atoms with E-state index in [0.29, 0.717) is 11.5 Å². The number of aryl methyl sites for hydroxylation is 1. The Kier molecular flexibility index (Phi) is 7.10. The number of anilines is 1.